The molecule has 1 rings (SSSR count). The Hall–Kier alpha value is -0.910. The van der Waals surface area contributed by atoms with Crippen LogP contribution in [0.4, 0.5) is 5.69 Å². The van der Waals surface area contributed by atoms with Crippen molar-refractivity contribution < 1.29 is 14.2 Å². The Morgan fingerprint density at radius 2 is 1.89 bits per heavy atom. The third-order valence-corrected chi connectivity index (χ3v) is 3.35. The first-order valence-corrected chi connectivity index (χ1v) is 6.99. The maximum absolute atomic E-state index is 5.72. The smallest absolute Gasteiger partial charge is 0.166 e. The average molecular weight is 271 g/mol. The van der Waals surface area contributed by atoms with E-state index in [-0.39, 0.29) is 6.29 Å². The zero-order valence-electron chi connectivity index (χ0n) is 11.1. The van der Waals surface area contributed by atoms with Crippen LogP contribution in [0.15, 0.2) is 23.1 Å². The Morgan fingerprint density at radius 3 is 2.44 bits per heavy atom. The molecule has 0 saturated carbocycles. The second kappa shape index (κ2) is 8.24. The van der Waals surface area contributed by atoms with Crippen LogP contribution in [0.25, 0.3) is 0 Å². The number of thioether (sulfide) groups is 1. The molecule has 0 bridgehead atoms. The fraction of sp³-hybridized carbons (Fsp3) is 0.538. The van der Waals surface area contributed by atoms with Gasteiger partial charge in [0.2, 0.25) is 0 Å². The Labute approximate surface area is 113 Å². The number of methoxy groups -OCH3 is 1. The number of benzene rings is 1. The van der Waals surface area contributed by atoms with Gasteiger partial charge >= 0.3 is 0 Å². The third kappa shape index (κ3) is 4.76. The molecule has 1 aromatic rings. The summed E-state index contributed by atoms with van der Waals surface area (Å²) in [5, 5.41) is 0. The van der Waals surface area contributed by atoms with Crippen molar-refractivity contribution in [3.05, 3.63) is 18.2 Å². The van der Waals surface area contributed by atoms with Crippen LogP contribution in [0.2, 0.25) is 0 Å². The van der Waals surface area contributed by atoms with Gasteiger partial charge in [0.05, 0.1) is 7.11 Å². The monoisotopic (exact) mass is 271 g/mol. The predicted molar refractivity (Wildman–Crippen MR) is 75.2 cm³/mol. The van der Waals surface area contributed by atoms with Gasteiger partial charge in [-0.15, -0.1) is 11.8 Å². The Morgan fingerprint density at radius 1 is 1.22 bits per heavy atom. The maximum atomic E-state index is 5.72. The second-order valence-corrected chi connectivity index (χ2v) is 4.62. The lowest BCUT2D eigenvalue weighted by Crippen LogP contribution is -2.20. The minimum absolute atomic E-state index is 0.188. The maximum Gasteiger partial charge on any atom is 0.166 e. The topological polar surface area (TPSA) is 53.7 Å². The molecule has 0 spiro atoms. The number of hydrogen-bond donors (Lipinski definition) is 1. The molecule has 5 heteroatoms. The number of hydrogen-bond acceptors (Lipinski definition) is 5. The van der Waals surface area contributed by atoms with Gasteiger partial charge in [-0.2, -0.15) is 0 Å². The average Bonchev–Trinajstić information content (AvgIpc) is 2.37. The Kier molecular flexibility index (Phi) is 6.93. The molecular formula is C13H21NO3S. The molecule has 0 heterocycles. The van der Waals surface area contributed by atoms with Crippen molar-refractivity contribution in [3.8, 4) is 5.75 Å². The molecule has 18 heavy (non-hydrogen) atoms. The first-order valence-electron chi connectivity index (χ1n) is 6.00. The zero-order chi connectivity index (χ0) is 13.4. The van der Waals surface area contributed by atoms with Gasteiger partial charge in [-0.1, -0.05) is 0 Å². The normalized spacial score (nSPS) is 10.9. The molecule has 0 aliphatic heterocycles. The van der Waals surface area contributed by atoms with Crippen LogP contribution in [0.3, 0.4) is 0 Å². The number of nitrogens with two attached hydrogens (primary N) is 1. The minimum Gasteiger partial charge on any atom is -0.496 e. The Balaban J connectivity index is 2.60. The van der Waals surface area contributed by atoms with E-state index in [1.807, 2.05) is 32.0 Å². The van der Waals surface area contributed by atoms with Crippen LogP contribution >= 0.6 is 11.8 Å². The van der Waals surface area contributed by atoms with Gasteiger partial charge in [-0.3, -0.25) is 0 Å². The van der Waals surface area contributed by atoms with Gasteiger partial charge in [-0.25, -0.2) is 0 Å². The van der Waals surface area contributed by atoms with Crippen LogP contribution in [0.5, 0.6) is 5.75 Å². The highest BCUT2D eigenvalue weighted by Crippen LogP contribution is 2.31. The molecule has 2 N–H and O–H groups in total. The van der Waals surface area contributed by atoms with Crippen LogP contribution in [0.1, 0.15) is 13.8 Å². The number of ether oxygens (including phenoxy) is 3. The molecule has 0 fully saturated rings. The van der Waals surface area contributed by atoms with Crippen molar-refractivity contribution in [3.63, 3.8) is 0 Å². The van der Waals surface area contributed by atoms with E-state index in [1.165, 1.54) is 0 Å². The summed E-state index contributed by atoms with van der Waals surface area (Å²) in [5.74, 6) is 1.51. The van der Waals surface area contributed by atoms with Gasteiger partial charge in [-0.05, 0) is 26.0 Å². The summed E-state index contributed by atoms with van der Waals surface area (Å²) < 4.78 is 16.3. The van der Waals surface area contributed by atoms with Crippen molar-refractivity contribution in [1.29, 1.82) is 0 Å². The SMILES string of the molecule is CCOC(CSc1ccc(N)cc1OC)OCC. The summed E-state index contributed by atoms with van der Waals surface area (Å²) >= 11 is 1.64. The van der Waals surface area contributed by atoms with Crippen molar-refractivity contribution in [2.24, 2.45) is 0 Å². The van der Waals surface area contributed by atoms with Gasteiger partial charge in [0.1, 0.15) is 5.75 Å². The molecule has 4 nitrogen and oxygen atoms in total. The van der Waals surface area contributed by atoms with Gasteiger partial charge in [0.15, 0.2) is 6.29 Å². The van der Waals surface area contributed by atoms with Crippen LogP contribution in [0, 0.1) is 0 Å². The standard InChI is InChI=1S/C13H21NO3S/c1-4-16-13(17-5-2)9-18-12-7-6-10(14)8-11(12)15-3/h6-8,13H,4-5,9,14H2,1-3H3. The predicted octanol–water partition coefficient (Wildman–Crippen LogP) is 2.77. The molecule has 0 unspecified atom stereocenters. The number of nitrogen functional groups attached to an aromatic ring is 1. The van der Waals surface area contributed by atoms with Gasteiger partial charge in [0, 0.05) is 35.6 Å². The molecule has 0 saturated heterocycles. The van der Waals surface area contributed by atoms with Crippen molar-refractivity contribution >= 4 is 17.4 Å². The molecule has 0 aliphatic carbocycles. The molecular weight excluding hydrogens is 250 g/mol. The third-order valence-electron chi connectivity index (χ3n) is 2.27. The van der Waals surface area contributed by atoms with E-state index >= 15 is 0 Å². The summed E-state index contributed by atoms with van der Waals surface area (Å²) in [5.41, 5.74) is 6.41. The summed E-state index contributed by atoms with van der Waals surface area (Å²) in [6.07, 6.45) is -0.188. The summed E-state index contributed by atoms with van der Waals surface area (Å²) in [6, 6.07) is 5.63. The van der Waals surface area contributed by atoms with Crippen LogP contribution in [-0.2, 0) is 9.47 Å². The quantitative estimate of drug-likeness (QED) is 0.447. The molecule has 102 valence electrons. The molecule has 0 radical (unpaired) electrons. The fourth-order valence-electron chi connectivity index (χ4n) is 1.48. The molecule has 0 atom stereocenters. The van der Waals surface area contributed by atoms with Gasteiger partial charge in [0.25, 0.3) is 0 Å². The van der Waals surface area contributed by atoms with Crippen molar-refractivity contribution in [2.45, 2.75) is 25.0 Å². The number of rotatable bonds is 8. The molecule has 0 amide bonds. The van der Waals surface area contributed by atoms with Crippen LogP contribution < -0.4 is 10.5 Å². The first-order chi connectivity index (χ1) is 8.71. The van der Waals surface area contributed by atoms with Crippen LogP contribution in [-0.4, -0.2) is 32.4 Å². The lowest BCUT2D eigenvalue weighted by atomic mass is 10.3. The largest absolute Gasteiger partial charge is 0.496 e. The van der Waals surface area contributed by atoms with E-state index in [0.717, 1.165) is 16.4 Å². The summed E-state index contributed by atoms with van der Waals surface area (Å²) in [4.78, 5) is 1.04. The molecule has 0 aromatic heterocycles. The first kappa shape index (κ1) is 15.1. The fourth-order valence-corrected chi connectivity index (χ4v) is 2.43. The Bertz CT molecular complexity index is 354. The van der Waals surface area contributed by atoms with E-state index < -0.39 is 0 Å². The van der Waals surface area contributed by atoms with Crippen molar-refractivity contribution in [1.82, 2.24) is 0 Å². The lowest BCUT2D eigenvalue weighted by Gasteiger charge is -2.17. The van der Waals surface area contributed by atoms with E-state index in [0.29, 0.717) is 18.9 Å². The lowest BCUT2D eigenvalue weighted by molar-refractivity contribution is -0.120. The van der Waals surface area contributed by atoms with E-state index in [4.69, 9.17) is 19.9 Å². The van der Waals surface area contributed by atoms with E-state index in [2.05, 4.69) is 0 Å². The summed E-state index contributed by atoms with van der Waals surface area (Å²) in [7, 11) is 1.64. The van der Waals surface area contributed by atoms with E-state index in [1.54, 1.807) is 18.9 Å². The molecule has 1 aromatic carbocycles. The highest BCUT2D eigenvalue weighted by molar-refractivity contribution is 7.99. The number of anilines is 1. The van der Waals surface area contributed by atoms with E-state index in [9.17, 15) is 0 Å². The molecule has 0 aliphatic rings. The van der Waals surface area contributed by atoms with Gasteiger partial charge < -0.3 is 19.9 Å². The highest BCUT2D eigenvalue weighted by Gasteiger charge is 2.11. The highest BCUT2D eigenvalue weighted by atomic mass is 32.2. The summed E-state index contributed by atoms with van der Waals surface area (Å²) in [6.45, 7) is 5.20. The minimum atomic E-state index is -0.188. The second-order valence-electron chi connectivity index (χ2n) is 3.56. The zero-order valence-corrected chi connectivity index (χ0v) is 12.0. The van der Waals surface area contributed by atoms with Crippen molar-refractivity contribution in [2.75, 3.05) is 31.8 Å².